The van der Waals surface area contributed by atoms with E-state index in [-0.39, 0.29) is 6.61 Å². The summed E-state index contributed by atoms with van der Waals surface area (Å²) in [6.45, 7) is 5.11. The van der Waals surface area contributed by atoms with Gasteiger partial charge in [-0.2, -0.15) is 0 Å². The number of benzene rings is 1. The summed E-state index contributed by atoms with van der Waals surface area (Å²) in [6, 6.07) is 5.70. The first kappa shape index (κ1) is 13.4. The number of ether oxygens (including phenoxy) is 1. The summed E-state index contributed by atoms with van der Waals surface area (Å²) < 4.78 is 5.45. The predicted molar refractivity (Wildman–Crippen MR) is 74.2 cm³/mol. The normalized spacial score (nSPS) is 10.5. The van der Waals surface area contributed by atoms with Gasteiger partial charge in [-0.05, 0) is 32.0 Å². The van der Waals surface area contributed by atoms with Crippen LogP contribution < -0.4 is 10.1 Å². The van der Waals surface area contributed by atoms with E-state index in [1.54, 1.807) is 6.33 Å². The maximum absolute atomic E-state index is 9.34. The van der Waals surface area contributed by atoms with Crippen molar-refractivity contribution < 1.29 is 9.84 Å². The third-order valence-electron chi connectivity index (χ3n) is 2.92. The van der Waals surface area contributed by atoms with Crippen LogP contribution in [0.15, 0.2) is 24.5 Å². The van der Waals surface area contributed by atoms with Gasteiger partial charge in [-0.15, -0.1) is 0 Å². The van der Waals surface area contributed by atoms with Gasteiger partial charge >= 0.3 is 0 Å². The summed E-state index contributed by atoms with van der Waals surface area (Å²) in [6.07, 6.45) is 1.68. The van der Waals surface area contributed by atoms with Gasteiger partial charge < -0.3 is 20.1 Å². The largest absolute Gasteiger partial charge is 0.494 e. The van der Waals surface area contributed by atoms with Crippen LogP contribution in [0.25, 0.3) is 0 Å². The molecule has 0 radical (unpaired) electrons. The molecule has 0 unspecified atom stereocenters. The summed E-state index contributed by atoms with van der Waals surface area (Å²) >= 11 is 0. The first-order valence-corrected chi connectivity index (χ1v) is 6.34. The minimum Gasteiger partial charge on any atom is -0.494 e. The number of hydrogen-bond acceptors (Lipinski definition) is 4. The Bertz CT molecular complexity index is 537. The molecule has 0 amide bonds. The third-order valence-corrected chi connectivity index (χ3v) is 2.92. The molecule has 2 aromatic rings. The molecule has 0 fully saturated rings. The first-order chi connectivity index (χ1) is 9.24. The van der Waals surface area contributed by atoms with Crippen LogP contribution >= 0.6 is 0 Å². The topological polar surface area (TPSA) is 70.2 Å². The molecule has 0 aliphatic carbocycles. The molecule has 0 bridgehead atoms. The molecule has 2 rings (SSSR count). The second-order valence-corrected chi connectivity index (χ2v) is 4.24. The van der Waals surface area contributed by atoms with Gasteiger partial charge in [-0.3, -0.25) is 0 Å². The molecular formula is C14H19N3O2. The Kier molecular flexibility index (Phi) is 4.41. The molecular weight excluding hydrogens is 242 g/mol. The minimum atomic E-state index is -0.0354. The molecule has 1 heterocycles. The van der Waals surface area contributed by atoms with Crippen molar-refractivity contribution in [3.63, 3.8) is 0 Å². The van der Waals surface area contributed by atoms with E-state index in [2.05, 4.69) is 15.3 Å². The zero-order chi connectivity index (χ0) is 13.7. The summed E-state index contributed by atoms with van der Waals surface area (Å²) in [5, 5.41) is 12.6. The second kappa shape index (κ2) is 6.24. The Labute approximate surface area is 112 Å². The van der Waals surface area contributed by atoms with E-state index in [9.17, 15) is 5.11 Å². The fourth-order valence-corrected chi connectivity index (χ4v) is 1.86. The van der Waals surface area contributed by atoms with Crippen molar-refractivity contribution in [3.8, 4) is 5.75 Å². The number of hydrogen-bond donors (Lipinski definition) is 3. The van der Waals surface area contributed by atoms with Crippen LogP contribution in [0.4, 0.5) is 5.69 Å². The lowest BCUT2D eigenvalue weighted by Crippen LogP contribution is -2.03. The lowest BCUT2D eigenvalue weighted by Gasteiger charge is -2.11. The van der Waals surface area contributed by atoms with E-state index < -0.39 is 0 Å². The van der Waals surface area contributed by atoms with Gasteiger partial charge in [0.1, 0.15) is 5.75 Å². The Morgan fingerprint density at radius 2 is 2.26 bits per heavy atom. The van der Waals surface area contributed by atoms with E-state index in [1.807, 2.05) is 32.0 Å². The lowest BCUT2D eigenvalue weighted by atomic mass is 10.2. The molecule has 0 aliphatic rings. The van der Waals surface area contributed by atoms with E-state index >= 15 is 0 Å². The molecule has 0 spiro atoms. The molecule has 0 saturated carbocycles. The van der Waals surface area contributed by atoms with E-state index in [0.29, 0.717) is 13.2 Å². The molecule has 1 aromatic carbocycles. The summed E-state index contributed by atoms with van der Waals surface area (Å²) in [5.74, 6) is 0.728. The van der Waals surface area contributed by atoms with Crippen molar-refractivity contribution in [2.75, 3.05) is 11.9 Å². The van der Waals surface area contributed by atoms with Crippen LogP contribution in [-0.4, -0.2) is 21.7 Å². The second-order valence-electron chi connectivity index (χ2n) is 4.24. The molecule has 0 aliphatic heterocycles. The van der Waals surface area contributed by atoms with Gasteiger partial charge in [0.05, 0.1) is 31.8 Å². The summed E-state index contributed by atoms with van der Waals surface area (Å²) in [5.41, 5.74) is 3.76. The highest BCUT2D eigenvalue weighted by Gasteiger charge is 2.05. The van der Waals surface area contributed by atoms with Crippen LogP contribution in [0.1, 0.15) is 23.9 Å². The number of anilines is 1. The van der Waals surface area contributed by atoms with Gasteiger partial charge in [-0.25, -0.2) is 4.98 Å². The quantitative estimate of drug-likeness (QED) is 0.745. The molecule has 0 atom stereocenters. The van der Waals surface area contributed by atoms with Gasteiger partial charge in [0, 0.05) is 16.9 Å². The molecule has 1 aromatic heterocycles. The smallest absolute Gasteiger partial charge is 0.124 e. The Hall–Kier alpha value is -2.01. The van der Waals surface area contributed by atoms with E-state index in [4.69, 9.17) is 4.74 Å². The number of aliphatic hydroxyl groups is 1. The van der Waals surface area contributed by atoms with E-state index in [0.717, 1.165) is 28.4 Å². The van der Waals surface area contributed by atoms with Crippen molar-refractivity contribution in [1.29, 1.82) is 0 Å². The predicted octanol–water partition coefficient (Wildman–Crippen LogP) is 2.22. The van der Waals surface area contributed by atoms with Crippen LogP contribution in [0.2, 0.25) is 0 Å². The number of H-pyrrole nitrogens is 1. The van der Waals surface area contributed by atoms with Crippen molar-refractivity contribution in [2.45, 2.75) is 27.0 Å². The fourth-order valence-electron chi connectivity index (χ4n) is 1.86. The van der Waals surface area contributed by atoms with Gasteiger partial charge in [0.15, 0.2) is 0 Å². The number of rotatable bonds is 6. The number of nitrogens with one attached hydrogen (secondary N) is 2. The van der Waals surface area contributed by atoms with Crippen molar-refractivity contribution in [2.24, 2.45) is 0 Å². The van der Waals surface area contributed by atoms with Crippen LogP contribution in [0, 0.1) is 6.92 Å². The first-order valence-electron chi connectivity index (χ1n) is 6.34. The highest BCUT2D eigenvalue weighted by atomic mass is 16.5. The van der Waals surface area contributed by atoms with Crippen molar-refractivity contribution in [3.05, 3.63) is 41.5 Å². The highest BCUT2D eigenvalue weighted by Crippen LogP contribution is 2.23. The molecule has 3 N–H and O–H groups in total. The van der Waals surface area contributed by atoms with Crippen LogP contribution in [-0.2, 0) is 13.2 Å². The number of imidazole rings is 1. The molecule has 19 heavy (non-hydrogen) atoms. The Morgan fingerprint density at radius 3 is 2.89 bits per heavy atom. The van der Waals surface area contributed by atoms with Gasteiger partial charge in [0.2, 0.25) is 0 Å². The molecule has 5 nitrogen and oxygen atoms in total. The minimum absolute atomic E-state index is 0.0354. The fraction of sp³-hybridized carbons (Fsp3) is 0.357. The summed E-state index contributed by atoms with van der Waals surface area (Å²) in [7, 11) is 0. The number of aromatic amines is 1. The number of aryl methyl sites for hydroxylation is 1. The van der Waals surface area contributed by atoms with Crippen molar-refractivity contribution >= 4 is 5.69 Å². The standard InChI is InChI=1S/C14H19N3O2/c1-3-19-14-5-4-12(6-11(14)8-18)15-7-13-10(2)16-9-17-13/h4-6,9,15,18H,3,7-8H2,1-2H3,(H,16,17). The molecule has 5 heteroatoms. The molecule has 0 saturated heterocycles. The Morgan fingerprint density at radius 1 is 1.42 bits per heavy atom. The third kappa shape index (κ3) is 3.26. The number of aliphatic hydroxyl groups excluding tert-OH is 1. The molecule has 102 valence electrons. The SMILES string of the molecule is CCOc1ccc(NCc2nc[nH]c2C)cc1CO. The van der Waals surface area contributed by atoms with Crippen molar-refractivity contribution in [1.82, 2.24) is 9.97 Å². The van der Waals surface area contributed by atoms with Crippen LogP contribution in [0.5, 0.6) is 5.75 Å². The monoisotopic (exact) mass is 261 g/mol. The summed E-state index contributed by atoms with van der Waals surface area (Å²) in [4.78, 5) is 7.27. The zero-order valence-electron chi connectivity index (χ0n) is 11.2. The zero-order valence-corrected chi connectivity index (χ0v) is 11.2. The maximum atomic E-state index is 9.34. The maximum Gasteiger partial charge on any atom is 0.124 e. The number of aromatic nitrogens is 2. The Balaban J connectivity index is 2.07. The van der Waals surface area contributed by atoms with E-state index in [1.165, 1.54) is 0 Å². The lowest BCUT2D eigenvalue weighted by molar-refractivity contribution is 0.267. The highest BCUT2D eigenvalue weighted by molar-refractivity contribution is 5.51. The van der Waals surface area contributed by atoms with Gasteiger partial charge in [0.25, 0.3) is 0 Å². The van der Waals surface area contributed by atoms with Gasteiger partial charge in [-0.1, -0.05) is 0 Å². The van der Waals surface area contributed by atoms with Crippen LogP contribution in [0.3, 0.4) is 0 Å². The number of nitrogens with zero attached hydrogens (tertiary/aromatic N) is 1. The average Bonchev–Trinajstić information content (AvgIpc) is 2.83. The average molecular weight is 261 g/mol.